The predicted molar refractivity (Wildman–Crippen MR) is 81.7 cm³/mol. The molecule has 104 valence electrons. The number of nitrogens with two attached hydrogens (primary N) is 1. The van der Waals surface area contributed by atoms with Crippen molar-refractivity contribution in [2.24, 2.45) is 11.7 Å². The molecule has 2 fully saturated rings. The number of hydrogen-bond acceptors (Lipinski definition) is 2. The number of anilines is 1. The van der Waals surface area contributed by atoms with Gasteiger partial charge in [-0.1, -0.05) is 30.5 Å². The average molecular weight is 279 g/mol. The molecule has 0 bridgehead atoms. The summed E-state index contributed by atoms with van der Waals surface area (Å²) in [6.45, 7) is 1.72. The molecule has 1 saturated heterocycles. The molecule has 1 aliphatic carbocycles. The summed E-state index contributed by atoms with van der Waals surface area (Å²) in [6.07, 6.45) is 8.26. The summed E-state index contributed by atoms with van der Waals surface area (Å²) in [7, 11) is 0. The Hall–Kier alpha value is -0.730. The number of benzene rings is 1. The normalized spacial score (nSPS) is 24.3. The van der Waals surface area contributed by atoms with Crippen molar-refractivity contribution < 1.29 is 0 Å². The minimum atomic E-state index is 0.562. The molecule has 0 aromatic heterocycles. The van der Waals surface area contributed by atoms with Crippen LogP contribution in [0.15, 0.2) is 18.2 Å². The quantitative estimate of drug-likeness (QED) is 0.907. The van der Waals surface area contributed by atoms with E-state index in [9.17, 15) is 0 Å². The Labute approximate surface area is 120 Å². The third-order valence-corrected chi connectivity index (χ3v) is 5.10. The molecule has 1 aromatic carbocycles. The molecule has 1 atom stereocenters. The fraction of sp³-hybridized carbons (Fsp3) is 0.625. The molecule has 1 unspecified atom stereocenters. The van der Waals surface area contributed by atoms with Gasteiger partial charge in [0.1, 0.15) is 0 Å². The van der Waals surface area contributed by atoms with Crippen molar-refractivity contribution in [1.29, 1.82) is 0 Å². The molecule has 1 saturated carbocycles. The average Bonchev–Trinajstić information content (AvgIpc) is 3.08. The lowest BCUT2D eigenvalue weighted by atomic mass is 9.95. The second kappa shape index (κ2) is 5.72. The topological polar surface area (TPSA) is 29.3 Å². The summed E-state index contributed by atoms with van der Waals surface area (Å²) < 4.78 is 0. The Morgan fingerprint density at radius 1 is 1.16 bits per heavy atom. The second-order valence-electron chi connectivity index (χ2n) is 5.94. The van der Waals surface area contributed by atoms with E-state index in [-0.39, 0.29) is 0 Å². The van der Waals surface area contributed by atoms with Gasteiger partial charge in [0.05, 0.1) is 10.7 Å². The molecule has 0 radical (unpaired) electrons. The monoisotopic (exact) mass is 278 g/mol. The van der Waals surface area contributed by atoms with Crippen LogP contribution in [0.3, 0.4) is 0 Å². The van der Waals surface area contributed by atoms with Crippen LogP contribution < -0.4 is 10.6 Å². The van der Waals surface area contributed by atoms with Crippen molar-refractivity contribution in [3.8, 4) is 0 Å². The van der Waals surface area contributed by atoms with E-state index in [1.165, 1.54) is 44.2 Å². The molecule has 2 N–H and O–H groups in total. The zero-order chi connectivity index (χ0) is 13.2. The summed E-state index contributed by atoms with van der Waals surface area (Å²) in [6, 6.07) is 7.02. The molecule has 0 amide bonds. The summed E-state index contributed by atoms with van der Waals surface area (Å²) in [5.41, 5.74) is 8.01. The Morgan fingerprint density at radius 2 is 1.95 bits per heavy atom. The van der Waals surface area contributed by atoms with Crippen molar-refractivity contribution in [2.45, 2.75) is 51.1 Å². The first kappa shape index (κ1) is 13.3. The summed E-state index contributed by atoms with van der Waals surface area (Å²) in [5.74, 6) is 0.882. The maximum atomic E-state index is 6.46. The predicted octanol–water partition coefficient (Wildman–Crippen LogP) is 3.96. The number of hydrogen-bond donors (Lipinski definition) is 1. The Bertz CT molecular complexity index is 440. The first-order valence-corrected chi connectivity index (χ1v) is 7.92. The van der Waals surface area contributed by atoms with Crippen molar-refractivity contribution in [3.63, 3.8) is 0 Å². The van der Waals surface area contributed by atoms with E-state index < -0.39 is 0 Å². The summed E-state index contributed by atoms with van der Waals surface area (Å²) in [4.78, 5) is 2.55. The summed E-state index contributed by atoms with van der Waals surface area (Å²) in [5, 5.41) is 0.868. The minimum Gasteiger partial charge on any atom is -0.367 e. The third-order valence-electron chi connectivity index (χ3n) is 4.80. The van der Waals surface area contributed by atoms with Gasteiger partial charge in [-0.3, -0.25) is 0 Å². The fourth-order valence-electron chi connectivity index (χ4n) is 3.83. The fourth-order valence-corrected chi connectivity index (χ4v) is 4.15. The lowest BCUT2D eigenvalue weighted by Crippen LogP contribution is -2.34. The molecule has 2 nitrogen and oxygen atoms in total. The lowest BCUT2D eigenvalue weighted by Gasteiger charge is -2.32. The van der Waals surface area contributed by atoms with Crippen molar-refractivity contribution >= 4 is 17.3 Å². The van der Waals surface area contributed by atoms with Gasteiger partial charge in [-0.2, -0.15) is 0 Å². The van der Waals surface area contributed by atoms with Gasteiger partial charge in [-0.05, 0) is 49.3 Å². The largest absolute Gasteiger partial charge is 0.367 e. The van der Waals surface area contributed by atoms with Crippen molar-refractivity contribution in [3.05, 3.63) is 28.8 Å². The summed E-state index contributed by atoms with van der Waals surface area (Å²) >= 11 is 6.46. The maximum Gasteiger partial charge on any atom is 0.0642 e. The van der Waals surface area contributed by atoms with E-state index in [1.54, 1.807) is 0 Å². The number of nitrogens with zero attached hydrogens (tertiary/aromatic N) is 1. The van der Waals surface area contributed by atoms with Crippen LogP contribution in [0.2, 0.25) is 5.02 Å². The van der Waals surface area contributed by atoms with Gasteiger partial charge in [0.2, 0.25) is 0 Å². The van der Waals surface area contributed by atoms with Crippen LogP contribution >= 0.6 is 11.6 Å². The van der Waals surface area contributed by atoms with Crippen LogP contribution in [0.4, 0.5) is 5.69 Å². The highest BCUT2D eigenvalue weighted by Gasteiger charge is 2.34. The highest BCUT2D eigenvalue weighted by Crippen LogP contribution is 2.40. The van der Waals surface area contributed by atoms with E-state index >= 15 is 0 Å². The first-order chi connectivity index (χ1) is 9.29. The van der Waals surface area contributed by atoms with Crippen LogP contribution in [-0.4, -0.2) is 12.6 Å². The van der Waals surface area contributed by atoms with E-state index in [0.29, 0.717) is 12.6 Å². The molecule has 19 heavy (non-hydrogen) atoms. The van der Waals surface area contributed by atoms with Gasteiger partial charge >= 0.3 is 0 Å². The second-order valence-corrected chi connectivity index (χ2v) is 6.34. The minimum absolute atomic E-state index is 0.562. The van der Waals surface area contributed by atoms with E-state index in [0.717, 1.165) is 23.0 Å². The van der Waals surface area contributed by atoms with Gasteiger partial charge in [0, 0.05) is 19.1 Å². The van der Waals surface area contributed by atoms with E-state index in [2.05, 4.69) is 17.0 Å². The third kappa shape index (κ3) is 2.61. The lowest BCUT2D eigenvalue weighted by molar-refractivity contribution is 0.431. The number of rotatable bonds is 3. The van der Waals surface area contributed by atoms with Gasteiger partial charge in [-0.15, -0.1) is 0 Å². The van der Waals surface area contributed by atoms with Crippen LogP contribution in [0, 0.1) is 5.92 Å². The zero-order valence-corrected chi connectivity index (χ0v) is 12.2. The first-order valence-electron chi connectivity index (χ1n) is 7.54. The molecular weight excluding hydrogens is 256 g/mol. The molecule has 1 aliphatic heterocycles. The van der Waals surface area contributed by atoms with Crippen molar-refractivity contribution in [1.82, 2.24) is 0 Å². The van der Waals surface area contributed by atoms with Crippen LogP contribution in [-0.2, 0) is 6.54 Å². The highest BCUT2D eigenvalue weighted by molar-refractivity contribution is 6.33. The molecule has 1 aromatic rings. The van der Waals surface area contributed by atoms with Crippen LogP contribution in [0.5, 0.6) is 0 Å². The van der Waals surface area contributed by atoms with Gasteiger partial charge < -0.3 is 10.6 Å². The van der Waals surface area contributed by atoms with Crippen LogP contribution in [0.1, 0.15) is 44.1 Å². The Kier molecular flexibility index (Phi) is 3.99. The van der Waals surface area contributed by atoms with Gasteiger partial charge in [-0.25, -0.2) is 0 Å². The van der Waals surface area contributed by atoms with E-state index in [1.807, 2.05) is 6.07 Å². The Balaban J connectivity index is 1.83. The van der Waals surface area contributed by atoms with Gasteiger partial charge in [0.15, 0.2) is 0 Å². The standard InChI is InChI=1S/C16H23ClN2/c17-14-10-12(11-18)7-8-16(14)19-9-3-6-15(19)13-4-1-2-5-13/h7-8,10,13,15H,1-6,9,11,18H2. The number of halogens is 1. The Morgan fingerprint density at radius 3 is 2.63 bits per heavy atom. The molecule has 3 heteroatoms. The molecule has 0 spiro atoms. The maximum absolute atomic E-state index is 6.46. The molecule has 1 heterocycles. The smallest absolute Gasteiger partial charge is 0.0642 e. The highest BCUT2D eigenvalue weighted by atomic mass is 35.5. The van der Waals surface area contributed by atoms with Crippen molar-refractivity contribution in [2.75, 3.05) is 11.4 Å². The molecular formula is C16H23ClN2. The SMILES string of the molecule is NCc1ccc(N2CCCC2C2CCCC2)c(Cl)c1. The van der Waals surface area contributed by atoms with Crippen LogP contribution in [0.25, 0.3) is 0 Å². The molecule has 2 aliphatic rings. The van der Waals surface area contributed by atoms with Gasteiger partial charge in [0.25, 0.3) is 0 Å². The molecule has 3 rings (SSSR count). The van der Waals surface area contributed by atoms with E-state index in [4.69, 9.17) is 17.3 Å². The zero-order valence-electron chi connectivity index (χ0n) is 11.4.